The highest BCUT2D eigenvalue weighted by atomic mass is 32.2. The van der Waals surface area contributed by atoms with Gasteiger partial charge in [0.25, 0.3) is 0 Å². The number of rotatable bonds is 7. The van der Waals surface area contributed by atoms with E-state index in [9.17, 15) is 13.2 Å². The molecule has 1 atom stereocenters. The summed E-state index contributed by atoms with van der Waals surface area (Å²) in [5, 5.41) is 6.97. The summed E-state index contributed by atoms with van der Waals surface area (Å²) in [4.78, 5) is 12.7. The fraction of sp³-hybridized carbons (Fsp3) is 0.360. The van der Waals surface area contributed by atoms with Crippen LogP contribution in [0.25, 0.3) is 11.3 Å². The molecule has 0 saturated carbocycles. The van der Waals surface area contributed by atoms with Crippen LogP contribution in [0.4, 0.5) is 0 Å². The zero-order chi connectivity index (χ0) is 23.6. The Morgan fingerprint density at radius 2 is 2.00 bits per heavy atom. The van der Waals surface area contributed by atoms with Gasteiger partial charge in [0, 0.05) is 17.5 Å². The largest absolute Gasteiger partial charge is 0.495 e. The van der Waals surface area contributed by atoms with Crippen LogP contribution >= 0.6 is 0 Å². The molecule has 8 heteroatoms. The molecule has 4 rings (SSSR count). The smallest absolute Gasteiger partial charge is 0.221 e. The molecule has 1 aromatic heterocycles. The monoisotopic (exact) mass is 468 g/mol. The van der Waals surface area contributed by atoms with Crippen molar-refractivity contribution in [2.75, 3.05) is 12.9 Å². The lowest BCUT2D eigenvalue weighted by Gasteiger charge is -2.26. The highest BCUT2D eigenvalue weighted by Gasteiger charge is 2.25. The van der Waals surface area contributed by atoms with E-state index in [-0.39, 0.29) is 34.8 Å². The third-order valence-electron chi connectivity index (χ3n) is 6.22. The number of hydrogen-bond acceptors (Lipinski definition) is 6. The molecule has 1 N–H and O–H groups in total. The first kappa shape index (κ1) is 23.0. The molecule has 0 radical (unpaired) electrons. The van der Waals surface area contributed by atoms with Crippen molar-refractivity contribution in [2.45, 2.75) is 50.5 Å². The summed E-state index contributed by atoms with van der Waals surface area (Å²) in [6.07, 6.45) is 2.71. The van der Waals surface area contributed by atoms with E-state index in [2.05, 4.69) is 16.5 Å². The zero-order valence-electron chi connectivity index (χ0n) is 19.1. The Morgan fingerprint density at radius 3 is 2.73 bits per heavy atom. The van der Waals surface area contributed by atoms with Crippen molar-refractivity contribution in [3.05, 3.63) is 64.8 Å². The number of nitrogens with zero attached hydrogens (tertiary/aromatic N) is 1. The molecule has 0 fully saturated rings. The molecule has 0 unspecified atom stereocenters. The van der Waals surface area contributed by atoms with Crippen LogP contribution in [0.1, 0.15) is 47.7 Å². The predicted molar refractivity (Wildman–Crippen MR) is 125 cm³/mol. The van der Waals surface area contributed by atoms with E-state index >= 15 is 0 Å². The maximum atomic E-state index is 13.2. The summed E-state index contributed by atoms with van der Waals surface area (Å²) in [6.45, 7) is 3.69. The van der Waals surface area contributed by atoms with Gasteiger partial charge in [-0.25, -0.2) is 8.42 Å². The highest BCUT2D eigenvalue weighted by molar-refractivity contribution is 7.91. The molecule has 2 aromatic carbocycles. The van der Waals surface area contributed by atoms with Crippen LogP contribution in [0.15, 0.2) is 51.9 Å². The molecular formula is C25H28N2O5S. The maximum Gasteiger partial charge on any atom is 0.221 e. The molecule has 0 spiro atoms. The number of aromatic nitrogens is 1. The minimum atomic E-state index is -3.78. The van der Waals surface area contributed by atoms with E-state index in [0.717, 1.165) is 36.1 Å². The van der Waals surface area contributed by atoms with Gasteiger partial charge in [-0.1, -0.05) is 29.4 Å². The fourth-order valence-corrected chi connectivity index (χ4v) is 5.69. The summed E-state index contributed by atoms with van der Waals surface area (Å²) < 4.78 is 37.0. The predicted octanol–water partition coefficient (Wildman–Crippen LogP) is 4.32. The van der Waals surface area contributed by atoms with E-state index in [1.807, 2.05) is 32.0 Å². The topological polar surface area (TPSA) is 98.5 Å². The second-order valence-corrected chi connectivity index (χ2v) is 10.4. The first-order valence-corrected chi connectivity index (χ1v) is 12.7. The summed E-state index contributed by atoms with van der Waals surface area (Å²) in [5.41, 5.74) is 4.53. The molecule has 0 aliphatic heterocycles. The number of sulfone groups is 1. The second kappa shape index (κ2) is 9.39. The summed E-state index contributed by atoms with van der Waals surface area (Å²) in [6, 6.07) is 12.8. The van der Waals surface area contributed by atoms with Gasteiger partial charge >= 0.3 is 0 Å². The minimum Gasteiger partial charge on any atom is -0.495 e. The molecular weight excluding hydrogens is 440 g/mol. The van der Waals surface area contributed by atoms with Gasteiger partial charge in [0.05, 0.1) is 24.6 Å². The van der Waals surface area contributed by atoms with Gasteiger partial charge in [0.1, 0.15) is 10.6 Å². The van der Waals surface area contributed by atoms with Gasteiger partial charge in [-0.05, 0) is 62.4 Å². The van der Waals surface area contributed by atoms with Crippen LogP contribution in [0, 0.1) is 13.8 Å². The van der Waals surface area contributed by atoms with Crippen molar-refractivity contribution in [2.24, 2.45) is 0 Å². The molecule has 1 heterocycles. The Balaban J connectivity index is 1.50. The maximum absolute atomic E-state index is 13.2. The van der Waals surface area contributed by atoms with Crippen LogP contribution in [0.5, 0.6) is 5.75 Å². The number of amides is 1. The lowest BCUT2D eigenvalue weighted by molar-refractivity contribution is -0.121. The van der Waals surface area contributed by atoms with Gasteiger partial charge in [0.15, 0.2) is 15.6 Å². The molecule has 1 amide bonds. The summed E-state index contributed by atoms with van der Waals surface area (Å²) in [7, 11) is -2.36. The van der Waals surface area contributed by atoms with E-state index in [0.29, 0.717) is 11.3 Å². The molecule has 7 nitrogen and oxygen atoms in total. The first-order valence-electron chi connectivity index (χ1n) is 11.0. The van der Waals surface area contributed by atoms with Crippen LogP contribution in [-0.4, -0.2) is 32.3 Å². The third-order valence-corrected chi connectivity index (χ3v) is 7.95. The Bertz CT molecular complexity index is 1280. The van der Waals surface area contributed by atoms with E-state index in [1.54, 1.807) is 12.1 Å². The average molecular weight is 469 g/mol. The van der Waals surface area contributed by atoms with Gasteiger partial charge < -0.3 is 14.6 Å². The van der Waals surface area contributed by atoms with Crippen LogP contribution in [-0.2, 0) is 21.1 Å². The number of methoxy groups -OCH3 is 1. The molecule has 3 aromatic rings. The quantitative estimate of drug-likeness (QED) is 0.554. The van der Waals surface area contributed by atoms with Gasteiger partial charge in [-0.15, -0.1) is 0 Å². The Kier molecular flexibility index (Phi) is 6.56. The number of benzene rings is 2. The van der Waals surface area contributed by atoms with Crippen molar-refractivity contribution >= 4 is 15.7 Å². The van der Waals surface area contributed by atoms with Crippen LogP contribution < -0.4 is 10.1 Å². The molecule has 174 valence electrons. The number of aryl methyl sites for hydroxylation is 2. The number of nitrogens with one attached hydrogen (secondary N) is 1. The highest BCUT2D eigenvalue weighted by Crippen LogP contribution is 2.33. The number of fused-ring (bicyclic) bond motifs is 1. The lowest BCUT2D eigenvalue weighted by Crippen LogP contribution is -2.32. The van der Waals surface area contributed by atoms with Gasteiger partial charge in [0.2, 0.25) is 5.91 Å². The SMILES string of the molecule is COc1ccc(-c2onc(C)c2C)cc1S(=O)(=O)CCC(=O)N[C@H]1CCCc2ccccc21. The Morgan fingerprint density at radius 1 is 1.21 bits per heavy atom. The van der Waals surface area contributed by atoms with Crippen molar-refractivity contribution in [1.29, 1.82) is 0 Å². The second-order valence-electron chi connectivity index (χ2n) is 8.37. The van der Waals surface area contributed by atoms with Crippen LogP contribution in [0.2, 0.25) is 0 Å². The summed E-state index contributed by atoms with van der Waals surface area (Å²) >= 11 is 0. The standard InChI is InChI=1S/C25H28N2O5S/c1-16-17(2)27-32-25(16)19-11-12-22(31-3)23(15-19)33(29,30)14-13-24(28)26-21-10-6-8-18-7-4-5-9-20(18)21/h4-5,7,9,11-12,15,21H,6,8,10,13-14H2,1-3H3,(H,26,28)/t21-/m0/s1. The number of ether oxygens (including phenoxy) is 1. The molecule has 0 bridgehead atoms. The van der Waals surface area contributed by atoms with E-state index < -0.39 is 9.84 Å². The normalized spacial score (nSPS) is 15.7. The number of carbonyl (C=O) groups is 1. The zero-order valence-corrected chi connectivity index (χ0v) is 19.9. The lowest BCUT2D eigenvalue weighted by atomic mass is 9.88. The molecule has 33 heavy (non-hydrogen) atoms. The molecule has 1 aliphatic rings. The fourth-order valence-electron chi connectivity index (χ4n) is 4.25. The third kappa shape index (κ3) is 4.80. The van der Waals surface area contributed by atoms with E-state index in [1.165, 1.54) is 18.7 Å². The van der Waals surface area contributed by atoms with Crippen LogP contribution in [0.3, 0.4) is 0 Å². The van der Waals surface area contributed by atoms with E-state index in [4.69, 9.17) is 9.26 Å². The first-order chi connectivity index (χ1) is 15.8. The Hall–Kier alpha value is -3.13. The van der Waals surface area contributed by atoms with Gasteiger partial charge in [-0.2, -0.15) is 0 Å². The summed E-state index contributed by atoms with van der Waals surface area (Å²) in [5.74, 6) is 0.146. The minimum absolute atomic E-state index is 0.0340. The van der Waals surface area contributed by atoms with Crippen molar-refractivity contribution < 1.29 is 22.5 Å². The van der Waals surface area contributed by atoms with Gasteiger partial charge in [-0.3, -0.25) is 4.79 Å². The molecule has 0 saturated heterocycles. The van der Waals surface area contributed by atoms with Crippen molar-refractivity contribution in [3.63, 3.8) is 0 Å². The Labute approximate surface area is 194 Å². The average Bonchev–Trinajstić information content (AvgIpc) is 3.16. The molecule has 1 aliphatic carbocycles. The van der Waals surface area contributed by atoms with Crippen molar-refractivity contribution in [1.82, 2.24) is 10.5 Å². The van der Waals surface area contributed by atoms with Crippen molar-refractivity contribution in [3.8, 4) is 17.1 Å². The number of carbonyl (C=O) groups excluding carboxylic acids is 1. The number of hydrogen-bond donors (Lipinski definition) is 1.